The zero-order valence-corrected chi connectivity index (χ0v) is 75.3. The fraction of sp³-hybridized carbons (Fsp3) is 0.521. The number of hydrogen-bond donors (Lipinski definition) is 0. The van der Waals surface area contributed by atoms with Gasteiger partial charge in [-0.05, 0) is 113 Å². The van der Waals surface area contributed by atoms with Gasteiger partial charge >= 0.3 is 0 Å². The molecule has 0 radical (unpaired) electrons. The molecule has 20 heteroatoms. The van der Waals surface area contributed by atoms with Gasteiger partial charge in [0.1, 0.15) is 99.0 Å². The van der Waals surface area contributed by atoms with Crippen LogP contribution in [0.2, 0.25) is 0 Å². The molecular weight excluding hydrogens is 1550 g/mol. The summed E-state index contributed by atoms with van der Waals surface area (Å²) in [6, 6.07) is 26.3. The van der Waals surface area contributed by atoms with Gasteiger partial charge in [-0.25, -0.2) is 19.9 Å². The Morgan fingerprint density at radius 2 is 0.750 bits per heavy atom. The summed E-state index contributed by atoms with van der Waals surface area (Å²) in [6.07, 6.45) is 38.9. The van der Waals surface area contributed by atoms with E-state index < -0.39 is 11.2 Å². The van der Waals surface area contributed by atoms with Crippen LogP contribution >= 0.6 is 45.3 Å². The maximum Gasteiger partial charge on any atom is 0.140 e. The zero-order chi connectivity index (χ0) is 80.2. The number of hydrogen-bond acceptors (Lipinski definition) is 18. The molecule has 4 aromatic carbocycles. The fourth-order valence-corrected chi connectivity index (χ4v) is 25.0. The molecule has 0 amide bonds. The molecule has 610 valence electrons. The maximum atomic E-state index is 8.16. The molecule has 16 rings (SSSR count). The number of fused-ring (bicyclic) bond motifs is 16. The second-order valence-corrected chi connectivity index (χ2v) is 40.3. The number of ether oxygens (including phenoxy) is 2. The molecule has 6 aromatic heterocycles. The number of aryl methyl sites for hydroxylation is 2. The molecule has 6 aliphatic rings. The number of rotatable bonds is 41. The highest BCUT2D eigenvalue weighted by atomic mass is 32.1. The topological polar surface area (TPSA) is 163 Å². The summed E-state index contributed by atoms with van der Waals surface area (Å²) in [5.74, 6) is 4.12. The minimum absolute atomic E-state index is 0.436. The molecule has 0 saturated carbocycles. The molecule has 116 heavy (non-hydrogen) atoms. The van der Waals surface area contributed by atoms with E-state index in [2.05, 4.69) is 135 Å². The molecule has 0 N–H and O–H groups in total. The number of thiophene rings is 4. The molecule has 14 nitrogen and oxygen atoms in total. The fourth-order valence-electron chi connectivity index (χ4n) is 18.9. The standard InChI is InChI=1S/C96H116N10O4S6/c1-13-15-17-19-21-23-25-27-29-35-49-95(50-36-30-28-26-24-22-20-18-16-14-2)67-53-61(9)111-91(67)93-69(109-95)55-73(113-93)76-85-84(98-80-64-44-32-34-46-66(64)82(102-108-12)90(80)100-85)74(87-88(76)106-116-105-87)71-54-68-92(112-71)94-70(110-96(68,51-47-59(7)41-37-39-57(3)4)52-48-60(8)42-38-40-58(5)6)56-72(114-94)75-83-77(62(10)78-86(75)104-115-103-78)97-79-63-43-31-33-45-65(63)81(101-107-11)89(79)99-83/h31-34,43-46,53-60H,13-30,35-42,47-52H2,1-12H3/b101-81+,102-82+. The average molecular weight is 1670 g/mol. The van der Waals surface area contributed by atoms with E-state index in [1.807, 2.05) is 46.1 Å². The van der Waals surface area contributed by atoms with Gasteiger partial charge in [-0.15, -0.1) is 45.3 Å². The van der Waals surface area contributed by atoms with Crippen molar-refractivity contribution in [2.75, 3.05) is 14.2 Å². The van der Waals surface area contributed by atoms with Gasteiger partial charge in [-0.2, -0.15) is 17.5 Å². The first-order valence-corrected chi connectivity index (χ1v) is 48.7. The lowest BCUT2D eigenvalue weighted by Gasteiger charge is -2.39. The molecule has 4 aliphatic heterocycles. The van der Waals surface area contributed by atoms with Crippen molar-refractivity contribution in [3.05, 3.63) is 117 Å². The quantitative estimate of drug-likeness (QED) is 0.0270. The molecule has 0 spiro atoms. The third kappa shape index (κ3) is 16.5. The smallest absolute Gasteiger partial charge is 0.140 e. The molecular formula is C96H116N10O4S6. The minimum atomic E-state index is -0.698. The molecule has 0 saturated heterocycles. The maximum absolute atomic E-state index is 8.16. The summed E-state index contributed by atoms with van der Waals surface area (Å²) >= 11 is 9.83. The van der Waals surface area contributed by atoms with Crippen LogP contribution < -0.4 is 9.47 Å². The lowest BCUT2D eigenvalue weighted by atomic mass is 9.78. The van der Waals surface area contributed by atoms with Crippen LogP contribution in [0.3, 0.4) is 0 Å². The van der Waals surface area contributed by atoms with Gasteiger partial charge in [0.25, 0.3) is 0 Å². The first-order valence-electron chi connectivity index (χ1n) is 43.9. The van der Waals surface area contributed by atoms with Crippen LogP contribution in [-0.4, -0.2) is 45.6 Å². The second-order valence-electron chi connectivity index (χ2n) is 34.8. The highest BCUT2D eigenvalue weighted by Gasteiger charge is 2.47. The second kappa shape index (κ2) is 36.6. The minimum Gasteiger partial charge on any atom is -0.481 e. The van der Waals surface area contributed by atoms with Crippen molar-refractivity contribution in [3.8, 4) is 84.8 Å². The third-order valence-electron chi connectivity index (χ3n) is 25.2. The van der Waals surface area contributed by atoms with Gasteiger partial charge in [0.2, 0.25) is 0 Å². The van der Waals surface area contributed by atoms with Gasteiger partial charge in [-0.1, -0.05) is 268 Å². The summed E-state index contributed by atoms with van der Waals surface area (Å²) in [6.45, 7) is 23.4. The van der Waals surface area contributed by atoms with E-state index in [1.165, 1.54) is 207 Å². The molecule has 0 fully saturated rings. The SMILES string of the molecule is CCCCCCCCCCCCC1(CCCCCCCCCCCC)Oc2cc(-c3c4c(c(-c5cc6c(s5)-c5sc(-c7c8c(c(C)c9nc%10c(nc79)/C(=N/OC)c7ccccc7-%10)N=S=N8)cc5OC6(CCC(C)CCCC(C)C)CCC(C)CCCC(C)C)c5nc6c(nc35)/C(=N/OC)c3ccccc3-6)N=S=N4)sc2-c2sc(C)cc21. The van der Waals surface area contributed by atoms with Crippen molar-refractivity contribution in [3.63, 3.8) is 0 Å². The van der Waals surface area contributed by atoms with Gasteiger partial charge in [0.05, 0.1) is 59.1 Å². The van der Waals surface area contributed by atoms with Crippen molar-refractivity contribution in [1.29, 1.82) is 0 Å². The van der Waals surface area contributed by atoms with Crippen molar-refractivity contribution in [2.45, 2.75) is 286 Å². The molecule has 2 aliphatic carbocycles. The van der Waals surface area contributed by atoms with Crippen LogP contribution in [0.25, 0.3) is 95.4 Å². The third-order valence-corrected chi connectivity index (χ3v) is 31.1. The van der Waals surface area contributed by atoms with Crippen molar-refractivity contribution < 1.29 is 19.1 Å². The van der Waals surface area contributed by atoms with E-state index in [1.54, 1.807) is 25.6 Å². The van der Waals surface area contributed by atoms with E-state index >= 15 is 0 Å². The first-order chi connectivity index (χ1) is 56.6. The van der Waals surface area contributed by atoms with Crippen molar-refractivity contribution >= 4 is 124 Å². The lowest BCUT2D eigenvalue weighted by molar-refractivity contribution is 0.0324. The Kier molecular flexibility index (Phi) is 26.0. The number of oxime groups is 2. The molecule has 0 bridgehead atoms. The normalized spacial score (nSPS) is 16.6. The highest BCUT2D eigenvalue weighted by Crippen LogP contribution is 2.65. The Morgan fingerprint density at radius 1 is 0.379 bits per heavy atom. The van der Waals surface area contributed by atoms with Crippen LogP contribution in [0.15, 0.2) is 101 Å². The summed E-state index contributed by atoms with van der Waals surface area (Å²) in [5.41, 5.74) is 19.5. The molecule has 10 heterocycles. The first kappa shape index (κ1) is 82.2. The molecule has 2 unspecified atom stereocenters. The summed E-state index contributed by atoms with van der Waals surface area (Å²) in [4.78, 5) is 43.7. The Morgan fingerprint density at radius 3 is 1.21 bits per heavy atom. The van der Waals surface area contributed by atoms with E-state index in [0.717, 1.165) is 183 Å². The number of nitrogens with zero attached hydrogens (tertiary/aromatic N) is 10. The van der Waals surface area contributed by atoms with Crippen LogP contribution in [0.1, 0.15) is 305 Å². The van der Waals surface area contributed by atoms with Crippen LogP contribution in [-0.2, 0) is 43.6 Å². The van der Waals surface area contributed by atoms with Crippen molar-refractivity contribution in [1.82, 2.24) is 19.9 Å². The van der Waals surface area contributed by atoms with E-state index in [0.29, 0.717) is 46.5 Å². The van der Waals surface area contributed by atoms with Gasteiger partial charge in [0.15, 0.2) is 0 Å². The van der Waals surface area contributed by atoms with Gasteiger partial charge in [0, 0.05) is 75.1 Å². The monoisotopic (exact) mass is 1660 g/mol. The Labute approximate surface area is 711 Å². The van der Waals surface area contributed by atoms with Crippen molar-refractivity contribution in [2.24, 2.45) is 51.4 Å². The molecule has 2 atom stereocenters. The summed E-state index contributed by atoms with van der Waals surface area (Å²) < 4.78 is 37.2. The summed E-state index contributed by atoms with van der Waals surface area (Å²) in [7, 11) is 3.22. The largest absolute Gasteiger partial charge is 0.481 e. The average Bonchev–Trinajstić information content (AvgIpc) is 1.53. The Bertz CT molecular complexity index is 5460. The number of aromatic nitrogens is 4. The Hall–Kier alpha value is -7.46. The van der Waals surface area contributed by atoms with Crippen LogP contribution in [0, 0.1) is 37.5 Å². The van der Waals surface area contributed by atoms with Crippen LogP contribution in [0.5, 0.6) is 11.5 Å². The van der Waals surface area contributed by atoms with E-state index in [4.69, 9.17) is 61.7 Å². The zero-order valence-electron chi connectivity index (χ0n) is 70.4. The summed E-state index contributed by atoms with van der Waals surface area (Å²) in [5, 5.41) is 9.41. The lowest BCUT2D eigenvalue weighted by Crippen LogP contribution is -2.36. The van der Waals surface area contributed by atoms with E-state index in [9.17, 15) is 0 Å². The predicted molar refractivity (Wildman–Crippen MR) is 492 cm³/mol. The van der Waals surface area contributed by atoms with Gasteiger partial charge in [-0.3, -0.25) is 0 Å². The highest BCUT2D eigenvalue weighted by molar-refractivity contribution is 7.58. The van der Waals surface area contributed by atoms with Gasteiger partial charge < -0.3 is 19.1 Å². The number of benzene rings is 4. The van der Waals surface area contributed by atoms with Crippen LogP contribution in [0.4, 0.5) is 22.7 Å². The number of unbranched alkanes of at least 4 members (excludes halogenated alkanes) is 18. The molecule has 10 aromatic rings. The predicted octanol–water partition coefficient (Wildman–Crippen LogP) is 31.3. The Balaban J connectivity index is 0.857. The van der Waals surface area contributed by atoms with E-state index in [-0.39, 0.29) is 0 Å².